The summed E-state index contributed by atoms with van der Waals surface area (Å²) in [5.74, 6) is 0.177. The topological polar surface area (TPSA) is 59.1 Å². The summed E-state index contributed by atoms with van der Waals surface area (Å²) in [6.45, 7) is 8.66. The van der Waals surface area contributed by atoms with Crippen LogP contribution < -0.4 is 14.7 Å². The lowest BCUT2D eigenvalue weighted by Crippen LogP contribution is -2.58. The van der Waals surface area contributed by atoms with Gasteiger partial charge in [0.25, 0.3) is 5.91 Å². The van der Waals surface area contributed by atoms with Crippen molar-refractivity contribution < 1.29 is 9.18 Å². The van der Waals surface area contributed by atoms with E-state index in [2.05, 4.69) is 64.5 Å². The molecule has 0 atom stereocenters. The number of carbonyl (C=O) groups excluding carboxylic acids is 1. The lowest BCUT2D eigenvalue weighted by Gasteiger charge is -2.43. The zero-order valence-electron chi connectivity index (χ0n) is 23.1. The van der Waals surface area contributed by atoms with E-state index in [1.54, 1.807) is 0 Å². The maximum Gasteiger partial charge on any atom is 0.282 e. The van der Waals surface area contributed by atoms with E-state index in [0.29, 0.717) is 32.2 Å². The summed E-state index contributed by atoms with van der Waals surface area (Å²) in [4.78, 5) is 33.1. The molecule has 3 aromatic rings. The number of anilines is 3. The van der Waals surface area contributed by atoms with E-state index >= 15 is 0 Å². The molecule has 0 N–H and O–H groups in total. The van der Waals surface area contributed by atoms with Crippen LogP contribution >= 0.6 is 11.6 Å². The highest BCUT2D eigenvalue weighted by molar-refractivity contribution is 6.36. The second kappa shape index (κ2) is 10.9. The molecule has 210 valence electrons. The van der Waals surface area contributed by atoms with Crippen LogP contribution in [0.2, 0.25) is 5.02 Å². The van der Waals surface area contributed by atoms with Crippen molar-refractivity contribution in [2.24, 2.45) is 0 Å². The Morgan fingerprint density at radius 2 is 1.65 bits per heavy atom. The quantitative estimate of drug-likeness (QED) is 0.438. The molecule has 1 amide bonds. The van der Waals surface area contributed by atoms with Crippen molar-refractivity contribution in [3.05, 3.63) is 65.1 Å². The van der Waals surface area contributed by atoms with Gasteiger partial charge in [-0.2, -0.15) is 4.98 Å². The third-order valence-corrected chi connectivity index (χ3v) is 8.77. The number of fused-ring (bicyclic) bond motifs is 2. The normalized spacial score (nSPS) is 18.1. The predicted molar refractivity (Wildman–Crippen MR) is 159 cm³/mol. The van der Waals surface area contributed by atoms with Crippen molar-refractivity contribution in [1.82, 2.24) is 19.8 Å². The molecule has 4 heterocycles. The maximum absolute atomic E-state index is 13.5. The second-order valence-electron chi connectivity index (χ2n) is 11.1. The number of halogens is 2. The van der Waals surface area contributed by atoms with Crippen LogP contribution in [0.4, 0.5) is 21.8 Å². The minimum atomic E-state index is -0.909. The number of piperazine rings is 1. The number of hydrogen-bond donors (Lipinski definition) is 0. The number of benzene rings is 2. The van der Waals surface area contributed by atoms with Gasteiger partial charge in [-0.25, -0.2) is 9.37 Å². The summed E-state index contributed by atoms with van der Waals surface area (Å²) < 4.78 is 13.5. The Kier molecular flexibility index (Phi) is 7.27. The fraction of sp³-hybridized carbons (Fsp3) is 0.433. The summed E-state index contributed by atoms with van der Waals surface area (Å²) in [6.07, 6.45) is 1.59. The fourth-order valence-corrected chi connectivity index (χ4v) is 6.27. The van der Waals surface area contributed by atoms with E-state index in [1.165, 1.54) is 4.90 Å². The highest BCUT2D eigenvalue weighted by Gasteiger charge is 2.33. The van der Waals surface area contributed by atoms with E-state index in [4.69, 9.17) is 21.6 Å². The molecule has 3 aliphatic rings. The second-order valence-corrected chi connectivity index (χ2v) is 11.5. The van der Waals surface area contributed by atoms with Gasteiger partial charge in [-0.1, -0.05) is 42.4 Å². The van der Waals surface area contributed by atoms with Crippen LogP contribution in [0, 0.1) is 0 Å². The summed E-state index contributed by atoms with van der Waals surface area (Å²) in [5, 5.41) is 2.97. The molecule has 0 saturated carbocycles. The lowest BCUT2D eigenvalue weighted by molar-refractivity contribution is -0.128. The van der Waals surface area contributed by atoms with Gasteiger partial charge in [-0.15, -0.1) is 0 Å². The monoisotopic (exact) mass is 563 g/mol. The van der Waals surface area contributed by atoms with Gasteiger partial charge < -0.3 is 24.5 Å². The van der Waals surface area contributed by atoms with Gasteiger partial charge in [0.05, 0.1) is 10.7 Å². The molecule has 0 aliphatic carbocycles. The van der Waals surface area contributed by atoms with Crippen LogP contribution in [0.1, 0.15) is 11.3 Å². The number of likely N-dealkylation sites (N-methyl/N-ethyl adjacent to an activating group) is 1. The first-order valence-corrected chi connectivity index (χ1v) is 14.3. The van der Waals surface area contributed by atoms with Crippen LogP contribution in [0.3, 0.4) is 0 Å². The van der Waals surface area contributed by atoms with Gasteiger partial charge in [0.15, 0.2) is 5.83 Å². The zero-order chi connectivity index (χ0) is 28.0. The Labute approximate surface area is 239 Å². The fourth-order valence-electron chi connectivity index (χ4n) is 5.99. The smallest absolute Gasteiger partial charge is 0.282 e. The number of aromatic nitrogens is 2. The Morgan fingerprint density at radius 3 is 2.35 bits per heavy atom. The maximum atomic E-state index is 13.5. The van der Waals surface area contributed by atoms with E-state index in [0.717, 1.165) is 83.5 Å². The first-order valence-electron chi connectivity index (χ1n) is 13.9. The van der Waals surface area contributed by atoms with Crippen molar-refractivity contribution in [2.75, 3.05) is 81.2 Å². The molecule has 40 heavy (non-hydrogen) atoms. The van der Waals surface area contributed by atoms with Crippen molar-refractivity contribution in [3.8, 4) is 0 Å². The molecule has 2 aromatic carbocycles. The summed E-state index contributed by atoms with van der Waals surface area (Å²) in [5.41, 5.74) is 3.38. The molecule has 6 rings (SSSR count). The minimum Gasteiger partial charge on any atom is -0.370 e. The lowest BCUT2D eigenvalue weighted by atomic mass is 10.1. The Balaban J connectivity index is 1.31. The third kappa shape index (κ3) is 4.97. The highest BCUT2D eigenvalue weighted by atomic mass is 35.5. The standard InChI is InChI=1S/C30H35ClFN7O/c1-20(32)29(40)38-16-14-37(15-17-38)28-23-10-12-36(26-9-5-7-21-6-4-8-24(31)27(21)26)13-11-25(23)33-30(34-28)39-18-22(19-39)35(2)3/h4-9,22H,1,10-19H2,2-3H3. The highest BCUT2D eigenvalue weighted by Crippen LogP contribution is 2.36. The molecule has 1 aromatic heterocycles. The van der Waals surface area contributed by atoms with Crippen LogP contribution in [-0.4, -0.2) is 98.2 Å². The Morgan fingerprint density at radius 1 is 0.950 bits per heavy atom. The van der Waals surface area contributed by atoms with Crippen LogP contribution in [-0.2, 0) is 17.6 Å². The van der Waals surface area contributed by atoms with Crippen molar-refractivity contribution in [1.29, 1.82) is 0 Å². The average molecular weight is 564 g/mol. The predicted octanol–water partition coefficient (Wildman–Crippen LogP) is 3.77. The Hall–Kier alpha value is -3.43. The first-order chi connectivity index (χ1) is 19.3. The summed E-state index contributed by atoms with van der Waals surface area (Å²) in [7, 11) is 4.21. The van der Waals surface area contributed by atoms with E-state index in [1.807, 2.05) is 12.1 Å². The molecule has 0 unspecified atom stereocenters. The van der Waals surface area contributed by atoms with Crippen LogP contribution in [0.15, 0.2) is 48.8 Å². The van der Waals surface area contributed by atoms with E-state index in [9.17, 15) is 9.18 Å². The molecular weight excluding hydrogens is 529 g/mol. The van der Waals surface area contributed by atoms with Gasteiger partial charge >= 0.3 is 0 Å². The van der Waals surface area contributed by atoms with Gasteiger partial charge in [-0.05, 0) is 38.0 Å². The van der Waals surface area contributed by atoms with Gasteiger partial charge in [-0.3, -0.25) is 4.79 Å². The molecule has 2 saturated heterocycles. The molecule has 8 nitrogen and oxygen atoms in total. The van der Waals surface area contributed by atoms with Gasteiger partial charge in [0.2, 0.25) is 5.95 Å². The van der Waals surface area contributed by atoms with Crippen molar-refractivity contribution in [2.45, 2.75) is 18.9 Å². The number of rotatable bonds is 5. The number of amides is 1. The van der Waals surface area contributed by atoms with Gasteiger partial charge in [0.1, 0.15) is 5.82 Å². The van der Waals surface area contributed by atoms with E-state index < -0.39 is 11.7 Å². The average Bonchev–Trinajstić information content (AvgIpc) is 3.14. The number of nitrogens with zero attached hydrogens (tertiary/aromatic N) is 7. The molecule has 3 aliphatic heterocycles. The molecule has 0 radical (unpaired) electrons. The number of carbonyl (C=O) groups is 1. The van der Waals surface area contributed by atoms with Crippen molar-refractivity contribution in [3.63, 3.8) is 0 Å². The van der Waals surface area contributed by atoms with E-state index in [-0.39, 0.29) is 0 Å². The van der Waals surface area contributed by atoms with Gasteiger partial charge in [0, 0.05) is 81.5 Å². The SMILES string of the molecule is C=C(F)C(=O)N1CCN(c2nc(N3CC(N(C)C)C3)nc3c2CCN(c2cccc4cccc(Cl)c24)CC3)CC1. The zero-order valence-corrected chi connectivity index (χ0v) is 23.9. The van der Waals surface area contributed by atoms with Crippen molar-refractivity contribution >= 4 is 45.7 Å². The summed E-state index contributed by atoms with van der Waals surface area (Å²) >= 11 is 6.68. The van der Waals surface area contributed by atoms with Crippen LogP contribution in [0.25, 0.3) is 10.8 Å². The largest absolute Gasteiger partial charge is 0.370 e. The summed E-state index contributed by atoms with van der Waals surface area (Å²) in [6, 6.07) is 12.9. The number of hydrogen-bond acceptors (Lipinski definition) is 7. The first kappa shape index (κ1) is 26.8. The Bertz CT molecular complexity index is 1440. The molecular formula is C30H35ClFN7O. The molecule has 2 fully saturated rings. The minimum absolute atomic E-state index is 0.433. The third-order valence-electron chi connectivity index (χ3n) is 8.46. The molecule has 0 bridgehead atoms. The van der Waals surface area contributed by atoms with Crippen LogP contribution in [0.5, 0.6) is 0 Å². The molecule has 10 heteroatoms. The molecule has 0 spiro atoms.